The average molecular weight is 2030 g/mol. The number of halogens is 12. The number of rotatable bonds is 18. The van der Waals surface area contributed by atoms with Crippen LogP contribution in [0, 0.1) is 11.6 Å². The maximum atomic E-state index is 14.0. The largest absolute Gasteiger partial charge is 0.573 e. The van der Waals surface area contributed by atoms with Gasteiger partial charge in [-0.15, -0.1) is 13.2 Å². The number of phenolic OH excluding ortho intramolecular Hbond substituents is 1. The Labute approximate surface area is 816 Å². The van der Waals surface area contributed by atoms with Crippen LogP contribution < -0.4 is 46.7 Å². The molecule has 37 heteroatoms. The second kappa shape index (κ2) is 41.6. The SMILES string of the molecule is COc1c(Cl)ccc2c(=O)c3ccc(C4=CCCCC4)cc3n(CC(=O)O)c12.COc1c(Cl)ccc2c(=O)c3ccc(C4CCCCC4)cc3n(CC(=O)O)c12.O=C(O)Cn1c2cc(-c3ccc(O)cc3)ccc2c(=O)c2ccc(Cl)c(Cl)c21.O=C(O)Cn1c2cc(Nc3ccc(F)cc3F)ccc2c(=O)c2ccc(Cl)c(Cl)c21.O=C(O)Cn1c2ccccc2c(=O)c2ccc(Cl)c(OC(F)(F)F)c21. The lowest BCUT2D eigenvalue weighted by Crippen LogP contribution is -2.21. The third-order valence-corrected chi connectivity index (χ3v) is 26.3. The van der Waals surface area contributed by atoms with Gasteiger partial charge in [-0.1, -0.05) is 149 Å². The van der Waals surface area contributed by atoms with E-state index in [4.69, 9.17) is 95.8 Å². The van der Waals surface area contributed by atoms with Crippen molar-refractivity contribution in [2.75, 3.05) is 19.5 Å². The van der Waals surface area contributed by atoms with E-state index in [1.54, 1.807) is 106 Å². The number of pyridine rings is 5. The van der Waals surface area contributed by atoms with Gasteiger partial charge < -0.3 is 73.0 Å². The number of carboxylic acids is 5. The highest BCUT2D eigenvalue weighted by atomic mass is 35.5. The predicted molar refractivity (Wildman–Crippen MR) is 531 cm³/mol. The molecule has 0 bridgehead atoms. The molecular weight excluding hydrogens is 1960 g/mol. The molecule has 712 valence electrons. The topological polar surface area (TPSA) is 356 Å². The summed E-state index contributed by atoms with van der Waals surface area (Å²) in [4.78, 5) is 122. The molecule has 0 amide bonds. The minimum Gasteiger partial charge on any atom is -0.508 e. The molecule has 0 atom stereocenters. The lowest BCUT2D eigenvalue weighted by molar-refractivity contribution is -0.274. The molecule has 0 spiro atoms. The van der Waals surface area contributed by atoms with Gasteiger partial charge in [-0.3, -0.25) is 47.9 Å². The zero-order valence-electron chi connectivity index (χ0n) is 72.9. The fourth-order valence-electron chi connectivity index (χ4n) is 17.7. The number of carbonyl (C=O) groups is 5. The van der Waals surface area contributed by atoms with Crippen molar-refractivity contribution in [3.8, 4) is 34.1 Å². The lowest BCUT2D eigenvalue weighted by atomic mass is 9.84. The van der Waals surface area contributed by atoms with Crippen LogP contribution in [0.2, 0.25) is 35.2 Å². The Morgan fingerprint density at radius 1 is 0.388 bits per heavy atom. The molecular formula is C102H76Cl7F5N6O19. The number of aliphatic carboxylic acids is 5. The number of ether oxygens (including phenoxy) is 3. The van der Waals surface area contributed by atoms with Crippen LogP contribution in [0.3, 0.4) is 0 Å². The van der Waals surface area contributed by atoms with Crippen LogP contribution in [0.4, 0.5) is 33.3 Å². The van der Waals surface area contributed by atoms with E-state index < -0.39 is 77.1 Å². The molecule has 17 aromatic rings. The number of allylic oxidation sites excluding steroid dienone is 2. The maximum absolute atomic E-state index is 14.0. The Kier molecular flexibility index (Phi) is 29.7. The normalized spacial score (nSPS) is 12.7. The van der Waals surface area contributed by atoms with Crippen molar-refractivity contribution in [3.05, 3.63) is 315 Å². The highest BCUT2D eigenvalue weighted by Gasteiger charge is 2.35. The van der Waals surface area contributed by atoms with Crippen LogP contribution in [-0.2, 0) is 56.7 Å². The first-order valence-corrected chi connectivity index (χ1v) is 45.3. The lowest BCUT2D eigenvalue weighted by Gasteiger charge is -2.23. The standard InChI is InChI=1S/C22H22ClNO4.C22H20ClNO4.C21H12Cl2F2N2O3.C21H13Cl2NO4.C16H9ClF3NO4/c2*1-28-22-17(23)10-9-16-20(22)24(12-19(25)26)18-11-14(7-8-15(18)21(16)27)13-5-3-2-4-6-13;22-14-5-4-13-20(19(14)23)27(9-18(28)29)17-8-11(2-3-12(17)21(13)30)26-16-6-1-10(24)7-15(16)25;22-16-8-7-15-20(19(16)23)24(10-18(26)27)17-9-12(3-6-14(17)21(15)28)11-1-4-13(25)5-2-11;17-10-6-5-9-13(15(10)25-16(18,19)20)21(7-12(22)23)11-4-2-1-3-8(11)14(9)24/h7-11,13H,2-6,12H2,1H3,(H,25,26);5,7-11H,2-4,6,12H2,1H3,(H,25,26);1-8,26H,9H2,(H,28,29);1-9,25H,10H2,(H,26,27);1-6H,7H2,(H,22,23). The quantitative estimate of drug-likeness (QED) is 0.0310. The Bertz CT molecular complexity index is 8330. The summed E-state index contributed by atoms with van der Waals surface area (Å²) in [6.07, 6.45) is 7.40. The molecule has 5 aromatic heterocycles. The van der Waals surface area contributed by atoms with E-state index in [0.717, 1.165) is 77.1 Å². The summed E-state index contributed by atoms with van der Waals surface area (Å²) in [5, 5.41) is 63.2. The summed E-state index contributed by atoms with van der Waals surface area (Å²) >= 11 is 43.3. The third-order valence-electron chi connectivity index (χ3n) is 23.8. The zero-order chi connectivity index (χ0) is 99.6. The summed E-state index contributed by atoms with van der Waals surface area (Å²) in [7, 11) is 2.93. The fraction of sp³-hybridized carbons (Fsp3) is 0.176. The second-order valence-electron chi connectivity index (χ2n) is 32.4. The Morgan fingerprint density at radius 2 is 0.770 bits per heavy atom. The summed E-state index contributed by atoms with van der Waals surface area (Å²) in [5.74, 6) is -6.63. The number of alkyl halides is 3. The van der Waals surface area contributed by atoms with Gasteiger partial charge in [-0.2, -0.15) is 0 Å². The summed E-state index contributed by atoms with van der Waals surface area (Å²) in [6, 6.07) is 51.7. The smallest absolute Gasteiger partial charge is 0.508 e. The van der Waals surface area contributed by atoms with Gasteiger partial charge in [0.1, 0.15) is 50.1 Å². The van der Waals surface area contributed by atoms with Crippen molar-refractivity contribution < 1.29 is 90.8 Å². The molecule has 1 saturated carbocycles. The van der Waals surface area contributed by atoms with Gasteiger partial charge >= 0.3 is 36.2 Å². The molecule has 5 heterocycles. The van der Waals surface area contributed by atoms with E-state index in [1.165, 1.54) is 109 Å². The van der Waals surface area contributed by atoms with E-state index in [9.17, 15) is 95.4 Å². The van der Waals surface area contributed by atoms with Crippen molar-refractivity contribution in [2.45, 2.75) is 103 Å². The van der Waals surface area contributed by atoms with Crippen LogP contribution >= 0.6 is 81.2 Å². The Hall–Kier alpha value is -14.2. The first kappa shape index (κ1) is 99.2. The van der Waals surface area contributed by atoms with Gasteiger partial charge in [0, 0.05) is 49.5 Å². The van der Waals surface area contributed by atoms with Crippen molar-refractivity contribution in [3.63, 3.8) is 0 Å². The van der Waals surface area contributed by atoms with Crippen LogP contribution in [0.15, 0.2) is 230 Å². The van der Waals surface area contributed by atoms with Gasteiger partial charge in [0.2, 0.25) is 0 Å². The van der Waals surface area contributed by atoms with Crippen LogP contribution in [0.1, 0.15) is 74.8 Å². The van der Waals surface area contributed by atoms with Crippen molar-refractivity contribution in [1.29, 1.82) is 0 Å². The summed E-state index contributed by atoms with van der Waals surface area (Å²) < 4.78 is 87.5. The van der Waals surface area contributed by atoms with Gasteiger partial charge in [-0.05, 0) is 224 Å². The number of methoxy groups -OCH3 is 2. The Morgan fingerprint density at radius 3 is 1.22 bits per heavy atom. The number of para-hydroxylation sites is 1. The molecule has 12 aromatic carbocycles. The molecule has 19 rings (SSSR count). The van der Waals surface area contributed by atoms with E-state index in [1.807, 2.05) is 30.3 Å². The second-order valence-corrected chi connectivity index (χ2v) is 35.2. The zero-order valence-corrected chi connectivity index (χ0v) is 78.2. The third kappa shape index (κ3) is 20.7. The van der Waals surface area contributed by atoms with Gasteiger partial charge in [-0.25, -0.2) is 8.78 Å². The molecule has 2 aliphatic rings. The number of nitrogens with one attached hydrogen (secondary N) is 1. The van der Waals surface area contributed by atoms with E-state index >= 15 is 0 Å². The highest BCUT2D eigenvalue weighted by Crippen LogP contribution is 2.44. The number of hydrogen-bond donors (Lipinski definition) is 7. The fourth-order valence-corrected chi connectivity index (χ4v) is 19.2. The van der Waals surface area contributed by atoms with Gasteiger partial charge in [0.15, 0.2) is 44.4 Å². The molecule has 7 N–H and O–H groups in total. The van der Waals surface area contributed by atoms with Crippen molar-refractivity contribution in [1.82, 2.24) is 22.8 Å². The monoisotopic (exact) mass is 2030 g/mol. The highest BCUT2D eigenvalue weighted by molar-refractivity contribution is 6.46. The summed E-state index contributed by atoms with van der Waals surface area (Å²) in [5.41, 5.74) is 6.98. The number of phenols is 1. The van der Waals surface area contributed by atoms with E-state index in [0.29, 0.717) is 93.1 Å². The first-order valence-electron chi connectivity index (χ1n) is 42.7. The average Bonchev–Trinajstić information content (AvgIpc) is 0.758. The number of benzene rings is 12. The minimum absolute atomic E-state index is 0.0183. The predicted octanol–water partition coefficient (Wildman–Crippen LogP) is 24.1. The van der Waals surface area contributed by atoms with E-state index in [2.05, 4.69) is 16.1 Å². The van der Waals surface area contributed by atoms with Crippen molar-refractivity contribution in [2.24, 2.45) is 0 Å². The number of hydrogen-bond acceptors (Lipinski definition) is 15. The number of fused-ring (bicyclic) bond motifs is 10. The molecule has 0 saturated heterocycles. The number of carboxylic acid groups (broad SMARTS) is 5. The van der Waals surface area contributed by atoms with Crippen LogP contribution in [0.5, 0.6) is 23.0 Å². The maximum Gasteiger partial charge on any atom is 0.573 e. The molecule has 2 aliphatic carbocycles. The van der Waals surface area contributed by atoms with Gasteiger partial charge in [0.25, 0.3) is 0 Å². The molecule has 1 fully saturated rings. The molecule has 25 nitrogen and oxygen atoms in total. The molecule has 0 unspecified atom stereocenters. The number of nitrogens with zero attached hydrogens (tertiary/aromatic N) is 5. The molecule has 0 radical (unpaired) electrons. The molecule has 139 heavy (non-hydrogen) atoms. The number of aromatic nitrogens is 5. The van der Waals surface area contributed by atoms with E-state index in [-0.39, 0.29) is 122 Å². The minimum atomic E-state index is -5.06. The van der Waals surface area contributed by atoms with Crippen molar-refractivity contribution >= 4 is 237 Å². The van der Waals surface area contributed by atoms with Crippen LogP contribution in [-0.4, -0.2) is 104 Å². The van der Waals surface area contributed by atoms with Gasteiger partial charge in [0.05, 0.1) is 126 Å². The van der Waals surface area contributed by atoms with Crippen LogP contribution in [0.25, 0.3) is 126 Å². The molecule has 0 aliphatic heterocycles. The number of anilines is 2. The Balaban J connectivity index is 0.000000132. The summed E-state index contributed by atoms with van der Waals surface area (Å²) in [6.45, 7) is -2.12. The first-order chi connectivity index (χ1) is 66.3. The number of aromatic hydroxyl groups is 1.